The largest absolute Gasteiger partial charge is 0.418 e. The van der Waals surface area contributed by atoms with Gasteiger partial charge in [0.2, 0.25) is 0 Å². The number of nitrogens with one attached hydrogen (secondary N) is 3. The van der Waals surface area contributed by atoms with Crippen molar-refractivity contribution in [2.24, 2.45) is 4.99 Å². The molecule has 1 aromatic carbocycles. The van der Waals surface area contributed by atoms with Crippen LogP contribution in [0.1, 0.15) is 11.1 Å². The second kappa shape index (κ2) is 7.21. The smallest absolute Gasteiger partial charge is 0.363 e. The van der Waals surface area contributed by atoms with E-state index in [-0.39, 0.29) is 5.39 Å². The number of H-pyrrole nitrogens is 1. The lowest BCUT2D eigenvalue weighted by atomic mass is 9.84. The van der Waals surface area contributed by atoms with Crippen molar-refractivity contribution in [2.45, 2.75) is 35.6 Å². The van der Waals surface area contributed by atoms with Crippen molar-refractivity contribution in [3.8, 4) is 6.07 Å². The number of aromatic amines is 1. The van der Waals surface area contributed by atoms with Crippen LogP contribution in [0.5, 0.6) is 0 Å². The lowest BCUT2D eigenvalue weighted by Gasteiger charge is -2.38. The van der Waals surface area contributed by atoms with Crippen LogP contribution in [0.4, 0.5) is 13.2 Å². The van der Waals surface area contributed by atoms with E-state index in [1.165, 1.54) is 30.5 Å². The number of fused-ring (bicyclic) bond motifs is 2. The SMILES string of the molecule is CNC(C1=NC2C=CC(C#N)=CC2N1)(c1c(S(C)(=O)=O)cc(C)c2[nH]ccc12)C(F)(F)F. The standard InChI is InChI=1S/C21H20F3N5O2S/c1-11-8-16(32(3,30)31)17(13-6-7-27-18(11)13)20(26-2,21(22,23)24)19-28-14-5-4-12(10-25)9-15(14)29-19/h4-9,14-15,26-27H,1-3H3,(H,28,29). The number of nitrogens with zero attached hydrogens (tertiary/aromatic N) is 2. The van der Waals surface area contributed by atoms with Crippen LogP contribution < -0.4 is 10.6 Å². The third-order valence-electron chi connectivity index (χ3n) is 5.85. The highest BCUT2D eigenvalue weighted by Crippen LogP contribution is 2.47. The molecule has 0 spiro atoms. The molecule has 3 atom stereocenters. The van der Waals surface area contributed by atoms with Gasteiger partial charge in [0, 0.05) is 34.5 Å². The van der Waals surface area contributed by atoms with Gasteiger partial charge in [0.25, 0.3) is 0 Å². The van der Waals surface area contributed by atoms with Gasteiger partial charge < -0.3 is 10.3 Å². The fourth-order valence-corrected chi connectivity index (χ4v) is 5.40. The summed E-state index contributed by atoms with van der Waals surface area (Å²) in [6, 6.07) is 3.32. The van der Waals surface area contributed by atoms with Crippen molar-refractivity contribution in [1.29, 1.82) is 5.26 Å². The molecule has 7 nitrogen and oxygen atoms in total. The zero-order chi connectivity index (χ0) is 23.5. The number of hydrogen-bond acceptors (Lipinski definition) is 6. The molecule has 1 aliphatic carbocycles. The molecule has 0 bridgehead atoms. The van der Waals surface area contributed by atoms with Gasteiger partial charge in [-0.25, -0.2) is 8.42 Å². The number of aryl methyl sites for hydroxylation is 1. The molecule has 168 valence electrons. The van der Waals surface area contributed by atoms with E-state index < -0.39 is 49.9 Å². The van der Waals surface area contributed by atoms with Crippen molar-refractivity contribution in [1.82, 2.24) is 15.6 Å². The maximum Gasteiger partial charge on any atom is 0.418 e. The van der Waals surface area contributed by atoms with Crippen LogP contribution in [-0.4, -0.2) is 50.8 Å². The Kier molecular flexibility index (Phi) is 4.98. The Hall–Kier alpha value is -3.10. The van der Waals surface area contributed by atoms with Crippen LogP contribution in [0, 0.1) is 18.3 Å². The summed E-state index contributed by atoms with van der Waals surface area (Å²) >= 11 is 0. The summed E-state index contributed by atoms with van der Waals surface area (Å²) in [5.41, 5.74) is -2.18. The Balaban J connectivity index is 2.07. The van der Waals surface area contributed by atoms with Gasteiger partial charge in [0.15, 0.2) is 15.4 Å². The Morgan fingerprint density at radius 1 is 1.31 bits per heavy atom. The Morgan fingerprint density at radius 2 is 2.03 bits per heavy atom. The normalized spacial score (nSPS) is 22.5. The molecule has 0 saturated heterocycles. The molecular weight excluding hydrogens is 443 g/mol. The molecule has 0 fully saturated rings. The van der Waals surface area contributed by atoms with Crippen molar-refractivity contribution < 1.29 is 21.6 Å². The highest BCUT2D eigenvalue weighted by molar-refractivity contribution is 7.90. The number of alkyl halides is 3. The topological polar surface area (TPSA) is 110 Å². The van der Waals surface area contributed by atoms with Gasteiger partial charge in [-0.3, -0.25) is 10.3 Å². The number of amidine groups is 1. The number of halogens is 3. The highest BCUT2D eigenvalue weighted by Gasteiger charge is 2.62. The summed E-state index contributed by atoms with van der Waals surface area (Å²) in [7, 11) is -2.93. The first-order chi connectivity index (χ1) is 14.9. The average Bonchev–Trinajstić information content (AvgIpc) is 3.35. The van der Waals surface area contributed by atoms with E-state index in [9.17, 15) is 21.6 Å². The quantitative estimate of drug-likeness (QED) is 0.646. The first-order valence-corrected chi connectivity index (χ1v) is 11.5. The molecule has 4 rings (SSSR count). The van der Waals surface area contributed by atoms with Crippen molar-refractivity contribution in [3.63, 3.8) is 0 Å². The number of allylic oxidation sites excluding steroid dienone is 2. The predicted octanol–water partition coefficient (Wildman–Crippen LogP) is 2.62. The van der Waals surface area contributed by atoms with Crippen molar-refractivity contribution in [2.75, 3.05) is 13.3 Å². The third-order valence-corrected chi connectivity index (χ3v) is 6.97. The average molecular weight is 463 g/mol. The number of aromatic nitrogens is 1. The molecule has 1 aliphatic heterocycles. The van der Waals surface area contributed by atoms with Gasteiger partial charge in [-0.1, -0.05) is 6.08 Å². The summed E-state index contributed by atoms with van der Waals surface area (Å²) in [4.78, 5) is 6.75. The minimum Gasteiger partial charge on any atom is -0.363 e. The molecule has 1 aromatic heterocycles. The van der Waals surface area contributed by atoms with Gasteiger partial charge in [0.05, 0.1) is 23.0 Å². The number of benzene rings is 1. The lowest BCUT2D eigenvalue weighted by molar-refractivity contribution is -0.177. The molecule has 2 aliphatic rings. The van der Waals surface area contributed by atoms with E-state index in [1.54, 1.807) is 13.0 Å². The van der Waals surface area contributed by atoms with E-state index in [2.05, 4.69) is 20.6 Å². The fourth-order valence-electron chi connectivity index (χ4n) is 4.38. The number of hydrogen-bond donors (Lipinski definition) is 3. The molecule has 3 N–H and O–H groups in total. The number of rotatable bonds is 4. The summed E-state index contributed by atoms with van der Waals surface area (Å²) in [5, 5.41) is 14.4. The van der Waals surface area contributed by atoms with E-state index in [4.69, 9.17) is 5.26 Å². The second-order valence-corrected chi connectivity index (χ2v) is 9.82. The lowest BCUT2D eigenvalue weighted by Crippen LogP contribution is -2.62. The zero-order valence-electron chi connectivity index (χ0n) is 17.4. The second-order valence-electron chi connectivity index (χ2n) is 7.83. The molecule has 2 heterocycles. The van der Waals surface area contributed by atoms with E-state index in [0.717, 1.165) is 13.3 Å². The Labute approximate surface area is 182 Å². The zero-order valence-corrected chi connectivity index (χ0v) is 18.2. The molecule has 11 heteroatoms. The van der Waals surface area contributed by atoms with Crippen LogP contribution in [0.15, 0.2) is 52.0 Å². The maximum atomic E-state index is 15.0. The van der Waals surface area contributed by atoms with Gasteiger partial charge in [-0.05, 0) is 43.8 Å². The monoisotopic (exact) mass is 463 g/mol. The first-order valence-electron chi connectivity index (χ1n) is 9.66. The number of sulfone groups is 1. The first kappa shape index (κ1) is 22.1. The van der Waals surface area contributed by atoms with Crippen LogP contribution in [0.3, 0.4) is 0 Å². The Bertz CT molecular complexity index is 1350. The van der Waals surface area contributed by atoms with E-state index >= 15 is 0 Å². The summed E-state index contributed by atoms with van der Waals surface area (Å²) in [5.74, 6) is -0.459. The van der Waals surface area contributed by atoms with Gasteiger partial charge in [0.1, 0.15) is 5.84 Å². The molecule has 0 radical (unpaired) electrons. The van der Waals surface area contributed by atoms with Crippen LogP contribution in [0.2, 0.25) is 0 Å². The van der Waals surface area contributed by atoms with E-state index in [0.29, 0.717) is 16.7 Å². The molecule has 3 unspecified atom stereocenters. The summed E-state index contributed by atoms with van der Waals surface area (Å²) in [6.45, 7) is 1.63. The minimum atomic E-state index is -4.97. The molecule has 0 saturated carbocycles. The third kappa shape index (κ3) is 3.13. The number of aliphatic imine (C=N–C) groups is 1. The summed E-state index contributed by atoms with van der Waals surface area (Å²) in [6.07, 6.45) is 1.95. The Morgan fingerprint density at radius 3 is 2.62 bits per heavy atom. The van der Waals surface area contributed by atoms with Crippen molar-refractivity contribution in [3.05, 3.63) is 53.3 Å². The minimum absolute atomic E-state index is 0.125. The maximum absolute atomic E-state index is 15.0. The van der Waals surface area contributed by atoms with Crippen LogP contribution in [0.25, 0.3) is 10.9 Å². The van der Waals surface area contributed by atoms with Crippen LogP contribution >= 0.6 is 0 Å². The van der Waals surface area contributed by atoms with Crippen molar-refractivity contribution >= 4 is 26.6 Å². The summed E-state index contributed by atoms with van der Waals surface area (Å²) < 4.78 is 70.3. The predicted molar refractivity (Wildman–Crippen MR) is 114 cm³/mol. The van der Waals surface area contributed by atoms with E-state index in [1.807, 2.05) is 6.07 Å². The number of likely N-dealkylation sites (N-methyl/N-ethyl adjacent to an activating group) is 1. The fraction of sp³-hybridized carbons (Fsp3) is 0.333. The van der Waals surface area contributed by atoms with Gasteiger partial charge in [-0.2, -0.15) is 18.4 Å². The molecule has 2 aromatic rings. The van der Waals surface area contributed by atoms with Crippen LogP contribution in [-0.2, 0) is 15.4 Å². The van der Waals surface area contributed by atoms with Gasteiger partial charge >= 0.3 is 6.18 Å². The number of nitriles is 1. The van der Waals surface area contributed by atoms with Gasteiger partial charge in [-0.15, -0.1) is 0 Å². The molecule has 0 amide bonds. The molecule has 32 heavy (non-hydrogen) atoms. The molecular formula is C21H20F3N5O2S. The highest BCUT2D eigenvalue weighted by atomic mass is 32.2.